The monoisotopic (exact) mass is 347 g/mol. The third-order valence-corrected chi connectivity index (χ3v) is 4.13. The van der Waals surface area contributed by atoms with Crippen molar-refractivity contribution >= 4 is 5.91 Å². The van der Waals surface area contributed by atoms with Gasteiger partial charge in [-0.2, -0.15) is 8.78 Å². The molecule has 0 saturated carbocycles. The molecule has 0 bridgehead atoms. The van der Waals surface area contributed by atoms with Gasteiger partial charge >= 0.3 is 6.61 Å². The second kappa shape index (κ2) is 7.09. The van der Waals surface area contributed by atoms with Crippen molar-refractivity contribution in [3.05, 3.63) is 59.2 Å². The van der Waals surface area contributed by atoms with Gasteiger partial charge in [0.2, 0.25) is 0 Å². The van der Waals surface area contributed by atoms with Crippen LogP contribution in [0.25, 0.3) is 0 Å². The molecule has 4 nitrogen and oxygen atoms in total. The van der Waals surface area contributed by atoms with Gasteiger partial charge in [-0.15, -0.1) is 0 Å². The minimum atomic E-state index is -2.91. The van der Waals surface area contributed by atoms with E-state index in [1.54, 1.807) is 11.0 Å². The Morgan fingerprint density at radius 2 is 1.76 bits per heavy atom. The molecule has 0 atom stereocenters. The summed E-state index contributed by atoms with van der Waals surface area (Å²) in [4.78, 5) is 14.0. The van der Waals surface area contributed by atoms with E-state index in [4.69, 9.17) is 4.74 Å². The van der Waals surface area contributed by atoms with Gasteiger partial charge in [0.15, 0.2) is 0 Å². The smallest absolute Gasteiger partial charge is 0.387 e. The van der Waals surface area contributed by atoms with E-state index in [2.05, 4.69) is 4.74 Å². The van der Waals surface area contributed by atoms with Crippen molar-refractivity contribution in [2.75, 3.05) is 13.1 Å². The maximum Gasteiger partial charge on any atom is 0.387 e. The van der Waals surface area contributed by atoms with E-state index in [1.807, 2.05) is 32.0 Å². The number of alkyl halides is 2. The minimum absolute atomic E-state index is 0.0234. The first-order chi connectivity index (χ1) is 11.9. The third kappa shape index (κ3) is 3.90. The molecule has 0 N–H and O–H groups in total. The molecule has 0 unspecified atom stereocenters. The minimum Gasteiger partial charge on any atom is -0.486 e. The summed E-state index contributed by atoms with van der Waals surface area (Å²) >= 11 is 0. The van der Waals surface area contributed by atoms with E-state index in [0.29, 0.717) is 18.7 Å². The molecule has 25 heavy (non-hydrogen) atoms. The highest BCUT2D eigenvalue weighted by molar-refractivity contribution is 5.95. The fraction of sp³-hybridized carbons (Fsp3) is 0.316. The van der Waals surface area contributed by atoms with Crippen molar-refractivity contribution in [3.8, 4) is 11.5 Å². The van der Waals surface area contributed by atoms with Crippen LogP contribution in [-0.2, 0) is 0 Å². The van der Waals surface area contributed by atoms with Gasteiger partial charge in [0.05, 0.1) is 13.1 Å². The number of likely N-dealkylation sites (tertiary alicyclic amines) is 1. The van der Waals surface area contributed by atoms with Crippen LogP contribution in [0, 0.1) is 13.8 Å². The Hall–Kier alpha value is -2.63. The first-order valence-electron chi connectivity index (χ1n) is 8.01. The highest BCUT2D eigenvalue weighted by Crippen LogP contribution is 2.27. The maximum atomic E-state index is 12.4. The van der Waals surface area contributed by atoms with Crippen molar-refractivity contribution in [3.63, 3.8) is 0 Å². The second-order valence-corrected chi connectivity index (χ2v) is 6.08. The normalized spacial score (nSPS) is 14.4. The molecule has 1 saturated heterocycles. The number of carbonyl (C=O) groups is 1. The fourth-order valence-electron chi connectivity index (χ4n) is 2.82. The standard InChI is InChI=1S/C19H19F2NO3/c1-12-5-3-6-13(2)17(12)24-16-10-22(11-16)18(23)14-7-4-8-15(9-14)25-19(20)21/h3-9,16,19H,10-11H2,1-2H3. The van der Waals surface area contributed by atoms with Crippen LogP contribution in [0.15, 0.2) is 42.5 Å². The predicted octanol–water partition coefficient (Wildman–Crippen LogP) is 3.81. The Kier molecular flexibility index (Phi) is 4.88. The topological polar surface area (TPSA) is 38.8 Å². The van der Waals surface area contributed by atoms with Crippen molar-refractivity contribution in [2.24, 2.45) is 0 Å². The van der Waals surface area contributed by atoms with E-state index >= 15 is 0 Å². The predicted molar refractivity (Wildman–Crippen MR) is 89.3 cm³/mol. The van der Waals surface area contributed by atoms with Crippen molar-refractivity contribution in [1.29, 1.82) is 0 Å². The number of amides is 1. The number of hydrogen-bond donors (Lipinski definition) is 0. The molecule has 6 heteroatoms. The maximum absolute atomic E-state index is 12.4. The largest absolute Gasteiger partial charge is 0.486 e. The highest BCUT2D eigenvalue weighted by Gasteiger charge is 2.33. The Balaban J connectivity index is 1.60. The average molecular weight is 347 g/mol. The molecule has 0 aromatic heterocycles. The molecule has 1 aliphatic heterocycles. The summed E-state index contributed by atoms with van der Waals surface area (Å²) in [6, 6.07) is 11.8. The number of nitrogens with zero attached hydrogens (tertiary/aromatic N) is 1. The van der Waals surface area contributed by atoms with Crippen LogP contribution in [0.2, 0.25) is 0 Å². The zero-order valence-electron chi connectivity index (χ0n) is 14.0. The molecule has 132 valence electrons. The van der Waals surface area contributed by atoms with Crippen LogP contribution in [0.1, 0.15) is 21.5 Å². The van der Waals surface area contributed by atoms with Gasteiger partial charge in [0.25, 0.3) is 5.91 Å². The summed E-state index contributed by atoms with van der Waals surface area (Å²) in [5.74, 6) is 0.609. The van der Waals surface area contributed by atoms with Gasteiger partial charge in [-0.25, -0.2) is 0 Å². The summed E-state index contributed by atoms with van der Waals surface area (Å²) < 4.78 is 34.9. The number of para-hydroxylation sites is 1. The number of halogens is 2. The number of rotatable bonds is 5. The molecule has 0 radical (unpaired) electrons. The number of hydrogen-bond acceptors (Lipinski definition) is 3. The second-order valence-electron chi connectivity index (χ2n) is 6.08. The average Bonchev–Trinajstić information content (AvgIpc) is 2.52. The van der Waals surface area contributed by atoms with Gasteiger partial charge in [0.1, 0.15) is 17.6 Å². The lowest BCUT2D eigenvalue weighted by Crippen LogP contribution is -2.56. The first-order valence-corrected chi connectivity index (χ1v) is 8.01. The van der Waals surface area contributed by atoms with Crippen LogP contribution in [0.3, 0.4) is 0 Å². The molecular formula is C19H19F2NO3. The fourth-order valence-corrected chi connectivity index (χ4v) is 2.82. The Labute approximate surface area is 145 Å². The van der Waals surface area contributed by atoms with Gasteiger partial charge in [-0.1, -0.05) is 24.3 Å². The summed E-state index contributed by atoms with van der Waals surface area (Å²) in [5.41, 5.74) is 2.44. The lowest BCUT2D eigenvalue weighted by atomic mass is 10.1. The molecular weight excluding hydrogens is 328 g/mol. The molecule has 3 rings (SSSR count). The zero-order valence-corrected chi connectivity index (χ0v) is 14.0. The molecule has 0 aliphatic carbocycles. The number of ether oxygens (including phenoxy) is 2. The quantitative estimate of drug-likeness (QED) is 0.826. The van der Waals surface area contributed by atoms with Crippen LogP contribution < -0.4 is 9.47 Å². The summed E-state index contributed by atoms with van der Waals surface area (Å²) in [7, 11) is 0. The molecule has 2 aromatic rings. The SMILES string of the molecule is Cc1cccc(C)c1OC1CN(C(=O)c2cccc(OC(F)F)c2)C1. The molecule has 1 aliphatic rings. The summed E-state index contributed by atoms with van der Waals surface area (Å²) in [6.07, 6.45) is -0.0655. The van der Waals surface area contributed by atoms with Gasteiger partial charge in [-0.3, -0.25) is 4.79 Å². The van der Waals surface area contributed by atoms with E-state index in [-0.39, 0.29) is 17.8 Å². The van der Waals surface area contributed by atoms with Crippen LogP contribution in [0.5, 0.6) is 11.5 Å². The van der Waals surface area contributed by atoms with Gasteiger partial charge in [0, 0.05) is 5.56 Å². The van der Waals surface area contributed by atoms with E-state index in [1.165, 1.54) is 18.2 Å². The zero-order chi connectivity index (χ0) is 18.0. The molecule has 2 aromatic carbocycles. The Bertz CT molecular complexity index is 753. The number of carbonyl (C=O) groups excluding carboxylic acids is 1. The third-order valence-electron chi connectivity index (χ3n) is 4.13. The highest BCUT2D eigenvalue weighted by atomic mass is 19.3. The van der Waals surface area contributed by atoms with Gasteiger partial charge in [-0.05, 0) is 43.2 Å². The lowest BCUT2D eigenvalue weighted by Gasteiger charge is -2.39. The Morgan fingerprint density at radius 3 is 2.40 bits per heavy atom. The molecule has 1 fully saturated rings. The van der Waals surface area contributed by atoms with E-state index in [9.17, 15) is 13.6 Å². The van der Waals surface area contributed by atoms with Crippen LogP contribution in [-0.4, -0.2) is 36.6 Å². The first kappa shape index (κ1) is 17.2. The van der Waals surface area contributed by atoms with Crippen molar-refractivity contribution in [2.45, 2.75) is 26.6 Å². The summed E-state index contributed by atoms with van der Waals surface area (Å²) in [6.45, 7) is 1.99. The van der Waals surface area contributed by atoms with Gasteiger partial charge < -0.3 is 14.4 Å². The molecule has 1 heterocycles. The van der Waals surface area contributed by atoms with Crippen molar-refractivity contribution < 1.29 is 23.0 Å². The molecule has 1 amide bonds. The Morgan fingerprint density at radius 1 is 1.12 bits per heavy atom. The summed E-state index contributed by atoms with van der Waals surface area (Å²) in [5, 5.41) is 0. The lowest BCUT2D eigenvalue weighted by molar-refractivity contribution is -0.0499. The molecule has 0 spiro atoms. The van der Waals surface area contributed by atoms with Crippen molar-refractivity contribution in [1.82, 2.24) is 4.90 Å². The van der Waals surface area contributed by atoms with Crippen LogP contribution >= 0.6 is 0 Å². The van der Waals surface area contributed by atoms with E-state index < -0.39 is 6.61 Å². The van der Waals surface area contributed by atoms with E-state index in [0.717, 1.165) is 16.9 Å². The van der Waals surface area contributed by atoms with Crippen LogP contribution in [0.4, 0.5) is 8.78 Å². The number of benzene rings is 2. The number of aryl methyl sites for hydroxylation is 2.